The summed E-state index contributed by atoms with van der Waals surface area (Å²) in [5.74, 6) is -0.701. The fourth-order valence-electron chi connectivity index (χ4n) is 2.56. The highest BCUT2D eigenvalue weighted by Gasteiger charge is 2.19. The third kappa shape index (κ3) is 2.99. The van der Waals surface area contributed by atoms with E-state index in [1.165, 1.54) is 12.1 Å². The number of halogens is 2. The molecule has 0 aliphatic heterocycles. The van der Waals surface area contributed by atoms with Gasteiger partial charge in [0.1, 0.15) is 17.2 Å². The molecule has 0 aliphatic carbocycles. The van der Waals surface area contributed by atoms with Gasteiger partial charge in [0.15, 0.2) is 0 Å². The van der Waals surface area contributed by atoms with E-state index in [1.807, 2.05) is 26.1 Å². The van der Waals surface area contributed by atoms with Crippen LogP contribution in [-0.2, 0) is 6.42 Å². The van der Waals surface area contributed by atoms with Gasteiger partial charge >= 0.3 is 0 Å². The Hall–Kier alpha value is -2.21. The quantitative estimate of drug-likeness (QED) is 0.739. The van der Waals surface area contributed by atoms with Gasteiger partial charge in [0.25, 0.3) is 5.91 Å². The van der Waals surface area contributed by atoms with Crippen molar-refractivity contribution in [3.63, 3.8) is 0 Å². The van der Waals surface area contributed by atoms with Gasteiger partial charge < -0.3 is 5.32 Å². The molecule has 0 unspecified atom stereocenters. The van der Waals surface area contributed by atoms with Gasteiger partial charge in [-0.05, 0) is 59.1 Å². The molecule has 1 N–H and O–H groups in total. The maximum atomic E-state index is 13.3. The Kier molecular flexibility index (Phi) is 4.17. The van der Waals surface area contributed by atoms with Gasteiger partial charge in [-0.3, -0.25) is 9.20 Å². The second kappa shape index (κ2) is 6.12. The van der Waals surface area contributed by atoms with Crippen LogP contribution >= 0.6 is 15.9 Å². The van der Waals surface area contributed by atoms with Gasteiger partial charge in [-0.1, -0.05) is 13.0 Å². The largest absolute Gasteiger partial charge is 0.321 e. The van der Waals surface area contributed by atoms with Crippen molar-refractivity contribution in [1.82, 2.24) is 9.38 Å². The lowest BCUT2D eigenvalue weighted by Crippen LogP contribution is -2.16. The molecule has 1 aromatic carbocycles. The van der Waals surface area contributed by atoms with E-state index in [1.54, 1.807) is 16.5 Å². The number of nitrogens with one attached hydrogen (secondary N) is 1. The molecule has 3 aromatic rings. The van der Waals surface area contributed by atoms with Crippen molar-refractivity contribution in [2.24, 2.45) is 0 Å². The Morgan fingerprint density at radius 1 is 1.39 bits per heavy atom. The van der Waals surface area contributed by atoms with Crippen molar-refractivity contribution >= 4 is 33.2 Å². The van der Waals surface area contributed by atoms with Gasteiger partial charge in [0, 0.05) is 16.4 Å². The van der Waals surface area contributed by atoms with Gasteiger partial charge in [0.2, 0.25) is 0 Å². The van der Waals surface area contributed by atoms with Crippen molar-refractivity contribution in [3.8, 4) is 0 Å². The van der Waals surface area contributed by atoms with Crippen molar-refractivity contribution in [1.29, 1.82) is 0 Å². The van der Waals surface area contributed by atoms with Gasteiger partial charge in [-0.25, -0.2) is 9.37 Å². The number of nitrogens with zero attached hydrogens (tertiary/aromatic N) is 2. The molecule has 1 amide bonds. The summed E-state index contributed by atoms with van der Waals surface area (Å²) in [6, 6.07) is 7.78. The Morgan fingerprint density at radius 3 is 2.87 bits per heavy atom. The lowest BCUT2D eigenvalue weighted by Gasteiger charge is -2.07. The first-order chi connectivity index (χ1) is 11.0. The smallest absolute Gasteiger partial charge is 0.274 e. The summed E-state index contributed by atoms with van der Waals surface area (Å²) in [5.41, 5.74) is 3.31. The van der Waals surface area contributed by atoms with E-state index < -0.39 is 5.82 Å². The van der Waals surface area contributed by atoms with Crippen LogP contribution in [0.25, 0.3) is 5.65 Å². The van der Waals surface area contributed by atoms with Crippen LogP contribution < -0.4 is 5.32 Å². The first-order valence-electron chi connectivity index (χ1n) is 7.23. The number of hydrogen-bond donors (Lipinski definition) is 1. The summed E-state index contributed by atoms with van der Waals surface area (Å²) >= 11 is 3.44. The van der Waals surface area contributed by atoms with Crippen molar-refractivity contribution < 1.29 is 9.18 Å². The van der Waals surface area contributed by atoms with Crippen LogP contribution in [0.4, 0.5) is 10.1 Å². The number of anilines is 1. The van der Waals surface area contributed by atoms with Crippen LogP contribution in [0.5, 0.6) is 0 Å². The molecular formula is C17H15BrFN3O. The molecule has 0 saturated carbocycles. The molecule has 3 rings (SSSR count). The van der Waals surface area contributed by atoms with Crippen LogP contribution in [0.3, 0.4) is 0 Å². The molecule has 0 radical (unpaired) electrons. The Balaban J connectivity index is 2.09. The van der Waals surface area contributed by atoms with Crippen LogP contribution in [0, 0.1) is 12.7 Å². The lowest BCUT2D eigenvalue weighted by molar-refractivity contribution is 0.102. The van der Waals surface area contributed by atoms with E-state index in [0.29, 0.717) is 23.5 Å². The zero-order valence-corrected chi connectivity index (χ0v) is 14.3. The highest BCUT2D eigenvalue weighted by molar-refractivity contribution is 9.10. The molecule has 2 aromatic heterocycles. The third-order valence-electron chi connectivity index (χ3n) is 3.58. The fourth-order valence-corrected chi connectivity index (χ4v) is 3.11. The van der Waals surface area contributed by atoms with E-state index >= 15 is 0 Å². The first kappa shape index (κ1) is 15.7. The fraction of sp³-hybridized carbons (Fsp3) is 0.176. The number of benzene rings is 1. The van der Waals surface area contributed by atoms with Crippen LogP contribution in [0.15, 0.2) is 41.0 Å². The molecule has 0 aliphatic rings. The first-order valence-corrected chi connectivity index (χ1v) is 8.03. The van der Waals surface area contributed by atoms with E-state index in [4.69, 9.17) is 0 Å². The summed E-state index contributed by atoms with van der Waals surface area (Å²) in [6.45, 7) is 3.89. The van der Waals surface area contributed by atoms with Crippen molar-refractivity contribution in [2.45, 2.75) is 20.3 Å². The Labute approximate surface area is 141 Å². The van der Waals surface area contributed by atoms with Gasteiger partial charge in [0.05, 0.1) is 5.69 Å². The maximum Gasteiger partial charge on any atom is 0.274 e. The summed E-state index contributed by atoms with van der Waals surface area (Å²) in [5, 5.41) is 2.74. The van der Waals surface area contributed by atoms with Crippen molar-refractivity contribution in [2.75, 3.05) is 5.32 Å². The molecule has 0 fully saturated rings. The number of aryl methyl sites for hydroxylation is 2. The zero-order chi connectivity index (χ0) is 16.6. The number of amides is 1. The van der Waals surface area contributed by atoms with Gasteiger partial charge in [-0.2, -0.15) is 0 Å². The summed E-state index contributed by atoms with van der Waals surface area (Å²) in [6.07, 6.45) is 2.44. The monoisotopic (exact) mass is 375 g/mol. The van der Waals surface area contributed by atoms with Crippen LogP contribution in [0.1, 0.15) is 28.7 Å². The number of hydrogen-bond acceptors (Lipinski definition) is 2. The average molecular weight is 376 g/mol. The summed E-state index contributed by atoms with van der Waals surface area (Å²) in [4.78, 5) is 17.3. The molecule has 0 bridgehead atoms. The second-order valence-electron chi connectivity index (χ2n) is 5.26. The lowest BCUT2D eigenvalue weighted by atomic mass is 10.2. The topological polar surface area (TPSA) is 46.4 Å². The standard InChI is InChI=1S/C17H15BrFN3O/c1-3-14-15(17(23)20-13-6-4-5-12(19)8-13)22-9-11(18)7-10(2)16(22)21-14/h4-9H,3H2,1-2H3,(H,20,23). The molecular weight excluding hydrogens is 361 g/mol. The molecule has 0 saturated heterocycles. The number of aromatic nitrogens is 2. The highest BCUT2D eigenvalue weighted by atomic mass is 79.9. The van der Waals surface area contributed by atoms with E-state index in [9.17, 15) is 9.18 Å². The number of fused-ring (bicyclic) bond motifs is 1. The zero-order valence-electron chi connectivity index (χ0n) is 12.7. The van der Waals surface area contributed by atoms with Crippen LogP contribution in [-0.4, -0.2) is 15.3 Å². The third-order valence-corrected chi connectivity index (χ3v) is 4.01. The summed E-state index contributed by atoms with van der Waals surface area (Å²) < 4.78 is 15.9. The van der Waals surface area contributed by atoms with Crippen molar-refractivity contribution in [3.05, 3.63) is 63.8 Å². The number of pyridine rings is 1. The van der Waals surface area contributed by atoms with E-state index in [0.717, 1.165) is 15.7 Å². The number of carbonyl (C=O) groups excluding carboxylic acids is 1. The van der Waals surface area contributed by atoms with E-state index in [2.05, 4.69) is 26.2 Å². The number of rotatable bonds is 3. The molecule has 4 nitrogen and oxygen atoms in total. The second-order valence-corrected chi connectivity index (χ2v) is 6.18. The minimum Gasteiger partial charge on any atom is -0.321 e. The number of imidazole rings is 1. The average Bonchev–Trinajstić information content (AvgIpc) is 2.86. The molecule has 0 spiro atoms. The summed E-state index contributed by atoms with van der Waals surface area (Å²) in [7, 11) is 0. The predicted molar refractivity (Wildman–Crippen MR) is 91.4 cm³/mol. The van der Waals surface area contributed by atoms with E-state index in [-0.39, 0.29) is 5.91 Å². The normalized spacial score (nSPS) is 11.0. The molecule has 2 heterocycles. The highest BCUT2D eigenvalue weighted by Crippen LogP contribution is 2.22. The Bertz CT molecular complexity index is 904. The predicted octanol–water partition coefficient (Wildman–Crippen LogP) is 4.36. The molecule has 6 heteroatoms. The Morgan fingerprint density at radius 2 is 2.17 bits per heavy atom. The van der Waals surface area contributed by atoms with Crippen LogP contribution in [0.2, 0.25) is 0 Å². The minimum absolute atomic E-state index is 0.308. The van der Waals surface area contributed by atoms with Gasteiger partial charge in [-0.15, -0.1) is 0 Å². The maximum absolute atomic E-state index is 13.3. The molecule has 118 valence electrons. The minimum atomic E-state index is -0.393. The molecule has 23 heavy (non-hydrogen) atoms. The number of carbonyl (C=O) groups is 1. The molecule has 0 atom stereocenters. The SMILES string of the molecule is CCc1nc2c(C)cc(Br)cn2c1C(=O)Nc1cccc(F)c1.